The lowest BCUT2D eigenvalue weighted by Crippen LogP contribution is -2.58. The van der Waals surface area contributed by atoms with Gasteiger partial charge in [0.1, 0.15) is 0 Å². The van der Waals surface area contributed by atoms with Crippen LogP contribution < -0.4 is 0 Å². The molecule has 34 heavy (non-hydrogen) atoms. The number of carbonyl (C=O) groups is 3. The highest BCUT2D eigenvalue weighted by molar-refractivity contribution is 5.89. The highest BCUT2D eigenvalue weighted by Crippen LogP contribution is 2.38. The number of amides is 3. The van der Waals surface area contributed by atoms with Crippen molar-refractivity contribution in [3.8, 4) is 0 Å². The average Bonchev–Trinajstić information content (AvgIpc) is 2.89. The Morgan fingerprint density at radius 2 is 1.29 bits per heavy atom. The molecule has 2 aliphatic heterocycles. The van der Waals surface area contributed by atoms with Crippen molar-refractivity contribution in [3.63, 3.8) is 0 Å². The molecular weight excluding hydrogens is 426 g/mol. The summed E-state index contributed by atoms with van der Waals surface area (Å²) in [6, 6.07) is 20.2. The topological polar surface area (TPSA) is 60.9 Å². The van der Waals surface area contributed by atoms with Crippen LogP contribution in [-0.2, 0) is 26.2 Å². The van der Waals surface area contributed by atoms with E-state index in [-0.39, 0.29) is 17.7 Å². The summed E-state index contributed by atoms with van der Waals surface area (Å²) < 4.78 is 0. The fourth-order valence-electron chi connectivity index (χ4n) is 5.29. The van der Waals surface area contributed by atoms with Gasteiger partial charge >= 0.3 is 0 Å². The number of piperidine rings is 1. The molecular formula is C28H35N3O3. The van der Waals surface area contributed by atoms with Gasteiger partial charge in [-0.15, -0.1) is 0 Å². The number of carbonyl (C=O) groups excluding carboxylic acids is 3. The Hall–Kier alpha value is -3.15. The van der Waals surface area contributed by atoms with Crippen LogP contribution >= 0.6 is 0 Å². The SMILES string of the molecule is CC(=O)N1CCC(C(=O)N2CCN(C(=O)CCCc3ccccc3)CC2)(c2ccccc2)CC1. The molecule has 6 nitrogen and oxygen atoms in total. The molecule has 0 radical (unpaired) electrons. The lowest BCUT2D eigenvalue weighted by molar-refractivity contribution is -0.146. The fraction of sp³-hybridized carbons (Fsp3) is 0.464. The highest BCUT2D eigenvalue weighted by atomic mass is 16.2. The molecule has 0 atom stereocenters. The van der Waals surface area contributed by atoms with Gasteiger partial charge in [0.25, 0.3) is 0 Å². The summed E-state index contributed by atoms with van der Waals surface area (Å²) >= 11 is 0. The van der Waals surface area contributed by atoms with Crippen LogP contribution in [0.25, 0.3) is 0 Å². The summed E-state index contributed by atoms with van der Waals surface area (Å²) in [6.45, 7) is 5.07. The van der Waals surface area contributed by atoms with Gasteiger partial charge in [0, 0.05) is 52.6 Å². The maximum absolute atomic E-state index is 13.9. The van der Waals surface area contributed by atoms with E-state index in [2.05, 4.69) is 12.1 Å². The van der Waals surface area contributed by atoms with Crippen molar-refractivity contribution in [2.24, 2.45) is 0 Å². The first-order valence-electron chi connectivity index (χ1n) is 12.4. The van der Waals surface area contributed by atoms with Crippen LogP contribution in [0, 0.1) is 0 Å². The first kappa shape index (κ1) is 24.0. The van der Waals surface area contributed by atoms with Gasteiger partial charge in [-0.1, -0.05) is 60.7 Å². The predicted molar refractivity (Wildman–Crippen MR) is 132 cm³/mol. The first-order valence-corrected chi connectivity index (χ1v) is 12.4. The Balaban J connectivity index is 1.35. The van der Waals surface area contributed by atoms with E-state index in [1.54, 1.807) is 6.92 Å². The van der Waals surface area contributed by atoms with Crippen molar-refractivity contribution < 1.29 is 14.4 Å². The molecule has 0 unspecified atom stereocenters. The van der Waals surface area contributed by atoms with Crippen LogP contribution in [0.2, 0.25) is 0 Å². The van der Waals surface area contributed by atoms with E-state index < -0.39 is 5.41 Å². The summed E-state index contributed by atoms with van der Waals surface area (Å²) in [5, 5.41) is 0. The molecule has 4 rings (SSSR count). The van der Waals surface area contributed by atoms with Gasteiger partial charge in [0.05, 0.1) is 5.41 Å². The largest absolute Gasteiger partial charge is 0.343 e. The monoisotopic (exact) mass is 461 g/mol. The van der Waals surface area contributed by atoms with Crippen LogP contribution in [0.3, 0.4) is 0 Å². The van der Waals surface area contributed by atoms with Crippen LogP contribution in [0.15, 0.2) is 60.7 Å². The predicted octanol–water partition coefficient (Wildman–Crippen LogP) is 3.26. The normalized spacial score (nSPS) is 18.0. The van der Waals surface area contributed by atoms with Crippen LogP contribution in [-0.4, -0.2) is 71.7 Å². The van der Waals surface area contributed by atoms with Crippen LogP contribution in [0.5, 0.6) is 0 Å². The first-order chi connectivity index (χ1) is 16.5. The van der Waals surface area contributed by atoms with Gasteiger partial charge in [0.15, 0.2) is 0 Å². The Morgan fingerprint density at radius 1 is 0.735 bits per heavy atom. The van der Waals surface area contributed by atoms with E-state index in [1.165, 1.54) is 5.56 Å². The van der Waals surface area contributed by atoms with Crippen molar-refractivity contribution >= 4 is 17.7 Å². The third kappa shape index (κ3) is 5.32. The molecule has 2 aromatic rings. The second kappa shape index (κ2) is 10.9. The summed E-state index contributed by atoms with van der Waals surface area (Å²) in [7, 11) is 0. The van der Waals surface area contributed by atoms with Crippen LogP contribution in [0.4, 0.5) is 0 Å². The smallest absolute Gasteiger partial charge is 0.233 e. The van der Waals surface area contributed by atoms with Crippen molar-refractivity contribution in [2.75, 3.05) is 39.3 Å². The molecule has 3 amide bonds. The van der Waals surface area contributed by atoms with Crippen molar-refractivity contribution in [1.82, 2.24) is 14.7 Å². The van der Waals surface area contributed by atoms with E-state index in [0.29, 0.717) is 58.5 Å². The summed E-state index contributed by atoms with van der Waals surface area (Å²) in [6.07, 6.45) is 3.55. The number of benzene rings is 2. The zero-order valence-electron chi connectivity index (χ0n) is 20.1. The number of nitrogens with zero attached hydrogens (tertiary/aromatic N) is 3. The number of hydrogen-bond donors (Lipinski definition) is 0. The molecule has 0 aliphatic carbocycles. The lowest BCUT2D eigenvalue weighted by atomic mass is 9.71. The molecule has 180 valence electrons. The lowest BCUT2D eigenvalue weighted by Gasteiger charge is -2.45. The third-order valence-electron chi connectivity index (χ3n) is 7.42. The Labute approximate surface area is 202 Å². The fourth-order valence-corrected chi connectivity index (χ4v) is 5.29. The molecule has 0 N–H and O–H groups in total. The summed E-state index contributed by atoms with van der Waals surface area (Å²) in [5.41, 5.74) is 1.69. The second-order valence-electron chi connectivity index (χ2n) is 9.47. The number of likely N-dealkylation sites (tertiary alicyclic amines) is 1. The number of rotatable bonds is 6. The van der Waals surface area contributed by atoms with Gasteiger partial charge in [0.2, 0.25) is 17.7 Å². The van der Waals surface area contributed by atoms with E-state index in [0.717, 1.165) is 18.4 Å². The minimum atomic E-state index is -0.602. The Kier molecular flexibility index (Phi) is 7.66. The molecule has 6 heteroatoms. The Morgan fingerprint density at radius 3 is 1.88 bits per heavy atom. The van der Waals surface area contributed by atoms with Gasteiger partial charge < -0.3 is 14.7 Å². The number of hydrogen-bond acceptors (Lipinski definition) is 3. The van der Waals surface area contributed by atoms with Gasteiger partial charge in [-0.2, -0.15) is 0 Å². The average molecular weight is 462 g/mol. The molecule has 2 fully saturated rings. The molecule has 0 spiro atoms. The van der Waals surface area contributed by atoms with E-state index in [1.807, 2.05) is 63.2 Å². The number of aryl methyl sites for hydroxylation is 1. The van der Waals surface area contributed by atoms with E-state index in [9.17, 15) is 14.4 Å². The molecule has 2 aromatic carbocycles. The molecule has 2 saturated heterocycles. The van der Waals surface area contributed by atoms with Crippen molar-refractivity contribution in [1.29, 1.82) is 0 Å². The molecule has 0 saturated carbocycles. The molecule has 2 aliphatic rings. The molecule has 0 bridgehead atoms. The van der Waals surface area contributed by atoms with Crippen molar-refractivity contribution in [3.05, 3.63) is 71.8 Å². The Bertz CT molecular complexity index is 976. The van der Waals surface area contributed by atoms with Crippen molar-refractivity contribution in [2.45, 2.75) is 44.4 Å². The van der Waals surface area contributed by atoms with Gasteiger partial charge in [-0.05, 0) is 36.8 Å². The number of piperazine rings is 1. The van der Waals surface area contributed by atoms with Crippen LogP contribution in [0.1, 0.15) is 43.7 Å². The summed E-state index contributed by atoms with van der Waals surface area (Å²) in [4.78, 5) is 44.2. The second-order valence-corrected chi connectivity index (χ2v) is 9.47. The maximum Gasteiger partial charge on any atom is 0.233 e. The maximum atomic E-state index is 13.9. The van der Waals surface area contributed by atoms with E-state index >= 15 is 0 Å². The zero-order valence-corrected chi connectivity index (χ0v) is 20.1. The van der Waals surface area contributed by atoms with E-state index in [4.69, 9.17) is 0 Å². The minimum Gasteiger partial charge on any atom is -0.343 e. The zero-order chi connectivity index (χ0) is 24.0. The third-order valence-corrected chi connectivity index (χ3v) is 7.42. The quantitative estimate of drug-likeness (QED) is 0.664. The highest BCUT2D eigenvalue weighted by Gasteiger charge is 2.46. The molecule has 2 heterocycles. The minimum absolute atomic E-state index is 0.0634. The summed E-state index contributed by atoms with van der Waals surface area (Å²) in [5.74, 6) is 0.377. The van der Waals surface area contributed by atoms with Gasteiger partial charge in [-0.25, -0.2) is 0 Å². The molecule has 0 aromatic heterocycles. The van der Waals surface area contributed by atoms with Gasteiger partial charge in [-0.3, -0.25) is 14.4 Å². The standard InChI is InChI=1S/C28H35N3O3/c1-23(32)29-17-15-28(16-18-29,25-12-6-3-7-13-25)27(34)31-21-19-30(20-22-31)26(33)14-8-11-24-9-4-2-5-10-24/h2-7,9-10,12-13H,8,11,14-22H2,1H3.